The molecular weight excluding hydrogens is 310 g/mol. The molecule has 0 bridgehead atoms. The summed E-state index contributed by atoms with van der Waals surface area (Å²) in [5.74, 6) is 0. The van der Waals surface area contributed by atoms with Gasteiger partial charge in [0.05, 0.1) is 15.6 Å². The smallest absolute Gasteiger partial charge is 0.240 e. The van der Waals surface area contributed by atoms with Crippen LogP contribution in [-0.4, -0.2) is 40.5 Å². The summed E-state index contributed by atoms with van der Waals surface area (Å²) in [6.45, 7) is 6.84. The van der Waals surface area contributed by atoms with E-state index in [4.69, 9.17) is 17.3 Å². The van der Waals surface area contributed by atoms with E-state index in [-0.39, 0.29) is 16.0 Å². The topological polar surface area (TPSA) is 75.4 Å². The summed E-state index contributed by atoms with van der Waals surface area (Å²) in [7, 11) is 0.311. The lowest BCUT2D eigenvalue weighted by Gasteiger charge is -2.28. The zero-order valence-electron chi connectivity index (χ0n) is 13.2. The first-order valence-corrected chi connectivity index (χ1v) is 8.51. The lowest BCUT2D eigenvalue weighted by molar-refractivity contribution is 0.242. The van der Waals surface area contributed by atoms with E-state index in [0.29, 0.717) is 17.1 Å². The third-order valence-electron chi connectivity index (χ3n) is 3.07. The van der Waals surface area contributed by atoms with Crippen molar-refractivity contribution in [2.75, 3.05) is 32.9 Å². The summed E-state index contributed by atoms with van der Waals surface area (Å²) in [4.78, 5) is 2.20. The van der Waals surface area contributed by atoms with E-state index in [1.54, 1.807) is 13.0 Å². The molecule has 120 valence electrons. The number of hydrogen-bond donors (Lipinski definition) is 2. The van der Waals surface area contributed by atoms with Gasteiger partial charge in [-0.1, -0.05) is 25.4 Å². The maximum atomic E-state index is 12.4. The molecule has 0 radical (unpaired) electrons. The van der Waals surface area contributed by atoms with E-state index < -0.39 is 10.0 Å². The Kier molecular flexibility index (Phi) is 5.66. The van der Waals surface area contributed by atoms with Gasteiger partial charge in [0.25, 0.3) is 0 Å². The van der Waals surface area contributed by atoms with Gasteiger partial charge in [-0.05, 0) is 44.1 Å². The molecule has 3 N–H and O–H groups in total. The molecule has 1 aromatic rings. The van der Waals surface area contributed by atoms with Gasteiger partial charge in [0.15, 0.2) is 0 Å². The molecule has 0 saturated carbocycles. The molecule has 0 amide bonds. The van der Waals surface area contributed by atoms with Gasteiger partial charge >= 0.3 is 0 Å². The van der Waals surface area contributed by atoms with Crippen LogP contribution in [0.5, 0.6) is 0 Å². The molecule has 0 fully saturated rings. The van der Waals surface area contributed by atoms with Crippen molar-refractivity contribution >= 4 is 27.3 Å². The summed E-state index contributed by atoms with van der Waals surface area (Å²) in [6, 6.07) is 2.97. The maximum Gasteiger partial charge on any atom is 0.240 e. The Bertz CT molecular complexity index is 613. The third kappa shape index (κ3) is 5.14. The molecule has 0 saturated heterocycles. The van der Waals surface area contributed by atoms with Gasteiger partial charge in [0.1, 0.15) is 0 Å². The molecule has 5 nitrogen and oxygen atoms in total. The van der Waals surface area contributed by atoms with Crippen LogP contribution in [0.1, 0.15) is 19.4 Å². The van der Waals surface area contributed by atoms with Crippen LogP contribution in [0.4, 0.5) is 5.69 Å². The number of nitrogens with zero attached hydrogens (tertiary/aromatic N) is 1. The van der Waals surface area contributed by atoms with Crippen LogP contribution in [0.2, 0.25) is 5.02 Å². The lowest BCUT2D eigenvalue weighted by Crippen LogP contribution is -2.40. The average Bonchev–Trinajstić information content (AvgIpc) is 2.30. The number of halogens is 1. The number of anilines is 1. The molecule has 0 unspecified atom stereocenters. The van der Waals surface area contributed by atoms with Crippen LogP contribution < -0.4 is 10.5 Å². The highest BCUT2D eigenvalue weighted by Crippen LogP contribution is 2.26. The van der Waals surface area contributed by atoms with Gasteiger partial charge in [-0.2, -0.15) is 0 Å². The van der Waals surface area contributed by atoms with E-state index in [1.165, 1.54) is 6.07 Å². The van der Waals surface area contributed by atoms with Crippen molar-refractivity contribution in [1.29, 1.82) is 0 Å². The van der Waals surface area contributed by atoms with E-state index in [2.05, 4.69) is 4.72 Å². The fourth-order valence-corrected chi connectivity index (χ4v) is 3.96. The van der Waals surface area contributed by atoms with Crippen molar-refractivity contribution in [3.8, 4) is 0 Å². The van der Waals surface area contributed by atoms with Crippen LogP contribution in [0, 0.1) is 12.3 Å². The summed E-state index contributed by atoms with van der Waals surface area (Å²) in [5.41, 5.74) is 6.36. The molecule has 7 heteroatoms. The highest BCUT2D eigenvalue weighted by atomic mass is 35.5. The van der Waals surface area contributed by atoms with Crippen molar-refractivity contribution in [2.24, 2.45) is 5.41 Å². The van der Waals surface area contributed by atoms with E-state index >= 15 is 0 Å². The minimum atomic E-state index is -3.61. The molecule has 0 spiro atoms. The molecule has 0 atom stereocenters. The second-order valence-corrected chi connectivity index (χ2v) is 8.51. The number of hydrogen-bond acceptors (Lipinski definition) is 4. The van der Waals surface area contributed by atoms with Gasteiger partial charge in [-0.25, -0.2) is 13.1 Å². The zero-order valence-corrected chi connectivity index (χ0v) is 14.8. The van der Waals surface area contributed by atoms with Crippen LogP contribution >= 0.6 is 11.6 Å². The lowest BCUT2D eigenvalue weighted by atomic mass is 9.93. The molecule has 0 aromatic heterocycles. The van der Waals surface area contributed by atoms with Crippen molar-refractivity contribution < 1.29 is 8.42 Å². The first-order chi connectivity index (χ1) is 9.44. The Labute approximate surface area is 132 Å². The number of aryl methyl sites for hydroxylation is 1. The van der Waals surface area contributed by atoms with Gasteiger partial charge in [-0.15, -0.1) is 0 Å². The Morgan fingerprint density at radius 2 is 1.90 bits per heavy atom. The molecule has 21 heavy (non-hydrogen) atoms. The Balaban J connectivity index is 2.95. The van der Waals surface area contributed by atoms with Crippen molar-refractivity contribution in [3.63, 3.8) is 0 Å². The van der Waals surface area contributed by atoms with Crippen LogP contribution in [-0.2, 0) is 10.0 Å². The minimum absolute atomic E-state index is 0.171. The number of benzene rings is 1. The molecular formula is C14H24ClN3O2S. The molecule has 1 rings (SSSR count). The third-order valence-corrected chi connectivity index (χ3v) is 4.94. The normalized spacial score (nSPS) is 12.9. The number of nitrogens with one attached hydrogen (secondary N) is 1. The van der Waals surface area contributed by atoms with E-state index in [0.717, 1.165) is 6.54 Å². The fourth-order valence-electron chi connectivity index (χ4n) is 2.24. The SMILES string of the molecule is Cc1cc(Cl)c(N)cc1S(=O)(=O)NCC(C)(C)CN(C)C. The van der Waals surface area contributed by atoms with Crippen molar-refractivity contribution in [3.05, 3.63) is 22.7 Å². The highest BCUT2D eigenvalue weighted by Gasteiger charge is 2.24. The Morgan fingerprint density at radius 1 is 1.33 bits per heavy atom. The van der Waals surface area contributed by atoms with Crippen LogP contribution in [0.15, 0.2) is 17.0 Å². The predicted molar refractivity (Wildman–Crippen MR) is 88.1 cm³/mol. The second kappa shape index (κ2) is 6.52. The van der Waals surface area contributed by atoms with E-state index in [9.17, 15) is 8.42 Å². The number of rotatable bonds is 6. The van der Waals surface area contributed by atoms with Gasteiger partial charge < -0.3 is 10.6 Å². The predicted octanol–water partition coefficient (Wildman–Crippen LogP) is 2.10. The summed E-state index contributed by atoms with van der Waals surface area (Å²) in [5, 5.41) is 0.361. The summed E-state index contributed by atoms with van der Waals surface area (Å²) < 4.78 is 27.5. The largest absolute Gasteiger partial charge is 0.397 e. The molecule has 1 aromatic carbocycles. The number of sulfonamides is 1. The van der Waals surface area contributed by atoms with Crippen LogP contribution in [0.3, 0.4) is 0 Å². The van der Waals surface area contributed by atoms with Crippen molar-refractivity contribution in [2.45, 2.75) is 25.7 Å². The van der Waals surface area contributed by atoms with Gasteiger partial charge in [0, 0.05) is 13.1 Å². The monoisotopic (exact) mass is 333 g/mol. The fraction of sp³-hybridized carbons (Fsp3) is 0.571. The average molecular weight is 334 g/mol. The van der Waals surface area contributed by atoms with Gasteiger partial charge in [0.2, 0.25) is 10.0 Å². The highest BCUT2D eigenvalue weighted by molar-refractivity contribution is 7.89. The van der Waals surface area contributed by atoms with E-state index in [1.807, 2.05) is 32.8 Å². The maximum absolute atomic E-state index is 12.4. The molecule has 0 aliphatic carbocycles. The minimum Gasteiger partial charge on any atom is -0.397 e. The standard InChI is InChI=1S/C14H24ClN3O2S/c1-10-6-11(15)12(16)7-13(10)21(19,20)17-8-14(2,3)9-18(4)5/h6-7,17H,8-9,16H2,1-5H3. The number of nitrogens with two attached hydrogens (primary N) is 1. The Morgan fingerprint density at radius 3 is 2.43 bits per heavy atom. The molecule has 0 heterocycles. The molecule has 0 aliphatic heterocycles. The zero-order chi connectivity index (χ0) is 16.4. The number of nitrogen functional groups attached to an aromatic ring is 1. The van der Waals surface area contributed by atoms with Crippen LogP contribution in [0.25, 0.3) is 0 Å². The first kappa shape index (κ1) is 18.2. The van der Waals surface area contributed by atoms with Gasteiger partial charge in [-0.3, -0.25) is 0 Å². The second-order valence-electron chi connectivity index (χ2n) is 6.37. The Hall–Kier alpha value is -0.820. The summed E-state index contributed by atoms with van der Waals surface area (Å²) in [6.07, 6.45) is 0. The quantitative estimate of drug-likeness (QED) is 0.782. The molecule has 0 aliphatic rings. The summed E-state index contributed by atoms with van der Waals surface area (Å²) >= 11 is 5.90. The van der Waals surface area contributed by atoms with Crippen molar-refractivity contribution in [1.82, 2.24) is 9.62 Å². The first-order valence-electron chi connectivity index (χ1n) is 6.65.